The predicted molar refractivity (Wildman–Crippen MR) is 101 cm³/mol. The van der Waals surface area contributed by atoms with Gasteiger partial charge >= 0.3 is 5.97 Å². The van der Waals surface area contributed by atoms with Crippen LogP contribution in [0, 0.1) is 5.82 Å². The second-order valence-electron chi connectivity index (χ2n) is 6.18. The smallest absolute Gasteiger partial charge is 0.325 e. The molecule has 2 N–H and O–H groups in total. The van der Waals surface area contributed by atoms with Crippen LogP contribution in [-0.2, 0) is 14.3 Å². The molecule has 0 aromatic heterocycles. The molecule has 0 unspecified atom stereocenters. The van der Waals surface area contributed by atoms with Crippen molar-refractivity contribution in [3.05, 3.63) is 53.3 Å². The van der Waals surface area contributed by atoms with E-state index in [1.54, 1.807) is 0 Å². The van der Waals surface area contributed by atoms with Gasteiger partial charge in [0.15, 0.2) is 23.9 Å². The number of rotatable bonds is 7. The number of ketones is 1. The second-order valence-corrected chi connectivity index (χ2v) is 6.18. The number of ether oxygens (including phenoxy) is 3. The highest BCUT2D eigenvalue weighted by Gasteiger charge is 2.21. The Morgan fingerprint density at radius 1 is 1.07 bits per heavy atom. The number of amides is 2. The van der Waals surface area contributed by atoms with Crippen LogP contribution in [0.15, 0.2) is 36.4 Å². The number of hydrogen-bond donors (Lipinski definition) is 2. The minimum atomic E-state index is -0.896. The van der Waals surface area contributed by atoms with Gasteiger partial charge in [-0.15, -0.1) is 0 Å². The summed E-state index contributed by atoms with van der Waals surface area (Å²) in [6.07, 6.45) is 0. The molecule has 0 aliphatic carbocycles. The summed E-state index contributed by atoms with van der Waals surface area (Å²) in [7, 11) is 0. The zero-order valence-electron chi connectivity index (χ0n) is 15.8. The Morgan fingerprint density at radius 2 is 1.77 bits per heavy atom. The number of Topliss-reactive ketones (excluding diaryl/α,β-unsaturated/α-hetero) is 1. The van der Waals surface area contributed by atoms with Crippen molar-refractivity contribution in [1.82, 2.24) is 5.32 Å². The van der Waals surface area contributed by atoms with Gasteiger partial charge in [-0.2, -0.15) is 0 Å². The molecule has 2 amide bonds. The zero-order chi connectivity index (χ0) is 21.7. The van der Waals surface area contributed by atoms with Gasteiger partial charge in [0.05, 0.1) is 11.3 Å². The van der Waals surface area contributed by atoms with Crippen molar-refractivity contribution in [1.29, 1.82) is 0 Å². The van der Waals surface area contributed by atoms with Crippen LogP contribution in [0.1, 0.15) is 27.6 Å². The van der Waals surface area contributed by atoms with Crippen LogP contribution in [-0.4, -0.2) is 43.5 Å². The highest BCUT2D eigenvalue weighted by Crippen LogP contribution is 2.37. The summed E-state index contributed by atoms with van der Waals surface area (Å²) in [5, 5.41) is 4.67. The van der Waals surface area contributed by atoms with Crippen molar-refractivity contribution < 1.29 is 37.8 Å². The van der Waals surface area contributed by atoms with E-state index in [1.807, 2.05) is 0 Å². The molecule has 0 bridgehead atoms. The van der Waals surface area contributed by atoms with Crippen molar-refractivity contribution in [2.45, 2.75) is 6.92 Å². The van der Waals surface area contributed by atoms with Crippen LogP contribution in [0.2, 0.25) is 0 Å². The SMILES string of the molecule is CC(=O)c1cc2c(cc1NC(=O)COC(=O)CNC(=O)c1ccccc1F)OCO2. The predicted octanol–water partition coefficient (Wildman–Crippen LogP) is 1.67. The fourth-order valence-corrected chi connectivity index (χ4v) is 2.61. The lowest BCUT2D eigenvalue weighted by Gasteiger charge is -2.11. The van der Waals surface area contributed by atoms with Gasteiger partial charge in [-0.05, 0) is 25.1 Å². The van der Waals surface area contributed by atoms with E-state index >= 15 is 0 Å². The van der Waals surface area contributed by atoms with E-state index in [-0.39, 0.29) is 29.4 Å². The minimum Gasteiger partial charge on any atom is -0.454 e. The number of esters is 1. The van der Waals surface area contributed by atoms with E-state index in [2.05, 4.69) is 10.6 Å². The normalized spacial score (nSPS) is 11.5. The highest BCUT2D eigenvalue weighted by molar-refractivity contribution is 6.05. The van der Waals surface area contributed by atoms with E-state index in [1.165, 1.54) is 37.3 Å². The lowest BCUT2D eigenvalue weighted by molar-refractivity contribution is -0.146. The van der Waals surface area contributed by atoms with Gasteiger partial charge in [0.2, 0.25) is 6.79 Å². The summed E-state index contributed by atoms with van der Waals surface area (Å²) >= 11 is 0. The summed E-state index contributed by atoms with van der Waals surface area (Å²) in [6, 6.07) is 8.17. The number of nitrogens with one attached hydrogen (secondary N) is 2. The molecule has 9 nitrogen and oxygen atoms in total. The van der Waals surface area contributed by atoms with E-state index in [4.69, 9.17) is 14.2 Å². The van der Waals surface area contributed by atoms with Crippen LogP contribution < -0.4 is 20.1 Å². The Morgan fingerprint density at radius 3 is 2.47 bits per heavy atom. The highest BCUT2D eigenvalue weighted by atomic mass is 19.1. The number of fused-ring (bicyclic) bond motifs is 1. The van der Waals surface area contributed by atoms with Gasteiger partial charge in [0.25, 0.3) is 11.8 Å². The van der Waals surface area contributed by atoms with Crippen LogP contribution in [0.25, 0.3) is 0 Å². The zero-order valence-corrected chi connectivity index (χ0v) is 15.8. The molecule has 2 aromatic carbocycles. The summed E-state index contributed by atoms with van der Waals surface area (Å²) in [5.74, 6) is -2.68. The molecule has 1 aliphatic rings. The van der Waals surface area contributed by atoms with Gasteiger partial charge in [-0.3, -0.25) is 19.2 Å². The van der Waals surface area contributed by atoms with Gasteiger partial charge < -0.3 is 24.8 Å². The maximum atomic E-state index is 13.5. The maximum Gasteiger partial charge on any atom is 0.325 e. The van der Waals surface area contributed by atoms with Crippen molar-refractivity contribution >= 4 is 29.3 Å². The monoisotopic (exact) mass is 416 g/mol. The second kappa shape index (κ2) is 9.03. The molecule has 0 radical (unpaired) electrons. The van der Waals surface area contributed by atoms with E-state index in [9.17, 15) is 23.6 Å². The first-order valence-corrected chi connectivity index (χ1v) is 8.78. The number of carbonyl (C=O) groups excluding carboxylic acids is 4. The molecule has 1 aliphatic heterocycles. The summed E-state index contributed by atoms with van der Waals surface area (Å²) in [6.45, 7) is 0.120. The third-order valence-corrected chi connectivity index (χ3v) is 4.04. The molecular weight excluding hydrogens is 399 g/mol. The Kier molecular flexibility index (Phi) is 6.26. The lowest BCUT2D eigenvalue weighted by Crippen LogP contribution is -2.32. The molecular formula is C20H17FN2O7. The molecule has 3 rings (SSSR count). The largest absolute Gasteiger partial charge is 0.454 e. The summed E-state index contributed by atoms with van der Waals surface area (Å²) in [5.41, 5.74) is 0.166. The number of halogens is 1. The number of anilines is 1. The Labute approximate surface area is 170 Å². The molecule has 0 atom stereocenters. The first kappa shape index (κ1) is 20.8. The summed E-state index contributed by atoms with van der Waals surface area (Å²) < 4.78 is 28.7. The van der Waals surface area contributed by atoms with Crippen LogP contribution in [0.3, 0.4) is 0 Å². The molecule has 0 spiro atoms. The first-order valence-electron chi connectivity index (χ1n) is 8.78. The van der Waals surface area contributed by atoms with Crippen LogP contribution >= 0.6 is 0 Å². The first-order chi connectivity index (χ1) is 14.3. The van der Waals surface area contributed by atoms with Crippen molar-refractivity contribution in [3.8, 4) is 11.5 Å². The fourth-order valence-electron chi connectivity index (χ4n) is 2.61. The number of carbonyl (C=O) groups is 4. The molecule has 2 aromatic rings. The summed E-state index contributed by atoms with van der Waals surface area (Å²) in [4.78, 5) is 47.5. The van der Waals surface area contributed by atoms with Gasteiger partial charge in [0.1, 0.15) is 12.4 Å². The van der Waals surface area contributed by atoms with Gasteiger partial charge in [-0.25, -0.2) is 4.39 Å². The molecule has 0 saturated heterocycles. The molecule has 0 fully saturated rings. The molecule has 156 valence electrons. The Balaban J connectivity index is 1.51. The van der Waals surface area contributed by atoms with Crippen LogP contribution in [0.4, 0.5) is 10.1 Å². The topological polar surface area (TPSA) is 120 Å². The Hall–Kier alpha value is -3.95. The van der Waals surface area contributed by atoms with E-state index in [0.29, 0.717) is 11.5 Å². The van der Waals surface area contributed by atoms with E-state index < -0.39 is 36.8 Å². The third-order valence-electron chi connectivity index (χ3n) is 4.04. The van der Waals surface area contributed by atoms with Gasteiger partial charge in [0, 0.05) is 11.6 Å². The number of hydrogen-bond acceptors (Lipinski definition) is 7. The number of benzene rings is 2. The maximum absolute atomic E-state index is 13.5. The minimum absolute atomic E-state index is 0.000290. The average Bonchev–Trinajstić information content (AvgIpc) is 3.17. The fraction of sp³-hybridized carbons (Fsp3) is 0.200. The average molecular weight is 416 g/mol. The van der Waals surface area contributed by atoms with Crippen molar-refractivity contribution in [3.63, 3.8) is 0 Å². The molecule has 0 saturated carbocycles. The van der Waals surface area contributed by atoms with Gasteiger partial charge in [-0.1, -0.05) is 12.1 Å². The van der Waals surface area contributed by atoms with E-state index in [0.717, 1.165) is 6.07 Å². The quantitative estimate of drug-likeness (QED) is 0.520. The Bertz CT molecular complexity index is 1020. The molecule has 1 heterocycles. The standard InChI is InChI=1S/C20H17FN2O7/c1-11(24)13-6-16-17(30-10-29-16)7-15(13)23-18(25)9-28-19(26)8-22-20(27)12-4-2-3-5-14(12)21/h2-7H,8-10H2,1H3,(H,22,27)(H,23,25). The lowest BCUT2D eigenvalue weighted by atomic mass is 10.1. The van der Waals surface area contributed by atoms with Crippen LogP contribution in [0.5, 0.6) is 11.5 Å². The molecule has 10 heteroatoms. The van der Waals surface area contributed by atoms with Crippen molar-refractivity contribution in [2.75, 3.05) is 25.3 Å². The molecule has 30 heavy (non-hydrogen) atoms. The van der Waals surface area contributed by atoms with Crippen molar-refractivity contribution in [2.24, 2.45) is 0 Å². The third kappa shape index (κ3) is 4.90.